The van der Waals surface area contributed by atoms with Gasteiger partial charge in [0.2, 0.25) is 0 Å². The molecule has 0 aromatic carbocycles. The molecule has 1 heterocycles. The van der Waals surface area contributed by atoms with E-state index in [1.165, 1.54) is 0 Å². The molecule has 0 amide bonds. The van der Waals surface area contributed by atoms with Gasteiger partial charge in [-0.25, -0.2) is 0 Å². The largest absolute Gasteiger partial charge is 0.397 e. The van der Waals surface area contributed by atoms with Crippen LogP contribution < -0.4 is 11.5 Å². The molecule has 0 fully saturated rings. The molecule has 0 bridgehead atoms. The van der Waals surface area contributed by atoms with Gasteiger partial charge >= 0.3 is 0 Å². The zero-order valence-corrected chi connectivity index (χ0v) is 6.89. The minimum absolute atomic E-state index is 0.487. The lowest BCUT2D eigenvalue weighted by molar-refractivity contribution is 1.02. The van der Waals surface area contributed by atoms with Crippen molar-refractivity contribution in [3.63, 3.8) is 0 Å². The number of hydrogen-bond acceptors (Lipinski definition) is 3. The van der Waals surface area contributed by atoms with Crippen molar-refractivity contribution in [3.05, 3.63) is 23.0 Å². The van der Waals surface area contributed by atoms with E-state index >= 15 is 0 Å². The Kier molecular flexibility index (Phi) is 2.10. The normalized spacial score (nSPS) is 10.1. The summed E-state index contributed by atoms with van der Waals surface area (Å²) in [5, 5.41) is 0. The van der Waals surface area contributed by atoms with E-state index in [1.807, 2.05) is 13.8 Å². The number of pyridine rings is 1. The molecule has 0 saturated heterocycles. The number of nitrogen functional groups attached to an aromatic ring is 1. The van der Waals surface area contributed by atoms with Gasteiger partial charge in [0.1, 0.15) is 0 Å². The molecule has 0 unspecified atom stereocenters. The van der Waals surface area contributed by atoms with E-state index in [4.69, 9.17) is 11.5 Å². The first-order chi connectivity index (χ1) is 5.16. The maximum atomic E-state index is 5.75. The number of aryl methyl sites for hydroxylation is 2. The maximum absolute atomic E-state index is 5.75. The summed E-state index contributed by atoms with van der Waals surface area (Å²) in [4.78, 5) is 4.11. The average Bonchev–Trinajstić information content (AvgIpc) is 1.99. The fraction of sp³-hybridized carbons (Fsp3) is 0.375. The second-order valence-corrected chi connectivity index (χ2v) is 2.62. The summed E-state index contributed by atoms with van der Waals surface area (Å²) < 4.78 is 0. The van der Waals surface area contributed by atoms with Crippen LogP contribution in [0.15, 0.2) is 6.20 Å². The van der Waals surface area contributed by atoms with E-state index in [2.05, 4.69) is 4.98 Å². The van der Waals surface area contributed by atoms with Crippen LogP contribution in [0, 0.1) is 13.8 Å². The molecule has 3 heteroatoms. The molecule has 0 aliphatic carbocycles. The Morgan fingerprint density at radius 1 is 1.45 bits per heavy atom. The van der Waals surface area contributed by atoms with Gasteiger partial charge in [0.15, 0.2) is 0 Å². The topological polar surface area (TPSA) is 64.9 Å². The molecular weight excluding hydrogens is 138 g/mol. The Hall–Kier alpha value is -1.09. The summed E-state index contributed by atoms with van der Waals surface area (Å²) in [6.07, 6.45) is 1.80. The fourth-order valence-corrected chi connectivity index (χ4v) is 1.04. The number of hydrogen-bond donors (Lipinski definition) is 2. The summed E-state index contributed by atoms with van der Waals surface area (Å²) in [7, 11) is 0. The van der Waals surface area contributed by atoms with E-state index in [1.54, 1.807) is 6.20 Å². The molecular formula is C8H13N3. The number of nitrogens with two attached hydrogens (primary N) is 2. The second kappa shape index (κ2) is 2.88. The van der Waals surface area contributed by atoms with Gasteiger partial charge in [0.25, 0.3) is 0 Å². The maximum Gasteiger partial charge on any atom is 0.0605 e. The number of nitrogens with zero attached hydrogens (tertiary/aromatic N) is 1. The third kappa shape index (κ3) is 1.33. The Labute approximate surface area is 66.4 Å². The van der Waals surface area contributed by atoms with Gasteiger partial charge in [-0.2, -0.15) is 0 Å². The monoisotopic (exact) mass is 151 g/mol. The van der Waals surface area contributed by atoms with Gasteiger partial charge in [-0.3, -0.25) is 4.98 Å². The lowest BCUT2D eigenvalue weighted by atomic mass is 10.1. The number of anilines is 1. The van der Waals surface area contributed by atoms with Crippen LogP contribution in [0.2, 0.25) is 0 Å². The van der Waals surface area contributed by atoms with Crippen molar-refractivity contribution in [2.45, 2.75) is 20.4 Å². The van der Waals surface area contributed by atoms with Gasteiger partial charge in [0, 0.05) is 12.7 Å². The molecule has 1 aromatic rings. The Morgan fingerprint density at radius 2 is 2.09 bits per heavy atom. The average molecular weight is 151 g/mol. The smallest absolute Gasteiger partial charge is 0.0605 e. The molecule has 0 saturated carbocycles. The molecule has 0 aliphatic heterocycles. The van der Waals surface area contributed by atoms with Crippen LogP contribution in [0.1, 0.15) is 16.8 Å². The SMILES string of the molecule is Cc1cnc(C)c(N)c1CN. The highest BCUT2D eigenvalue weighted by atomic mass is 14.7. The van der Waals surface area contributed by atoms with E-state index in [0.717, 1.165) is 22.5 Å². The minimum Gasteiger partial charge on any atom is -0.397 e. The Morgan fingerprint density at radius 3 is 2.55 bits per heavy atom. The predicted octanol–water partition coefficient (Wildman–Crippen LogP) is 0.739. The van der Waals surface area contributed by atoms with Gasteiger partial charge in [0.05, 0.1) is 11.4 Å². The third-order valence-corrected chi connectivity index (χ3v) is 1.85. The predicted molar refractivity (Wildman–Crippen MR) is 46.0 cm³/mol. The molecule has 3 nitrogen and oxygen atoms in total. The van der Waals surface area contributed by atoms with E-state index < -0.39 is 0 Å². The van der Waals surface area contributed by atoms with E-state index in [0.29, 0.717) is 6.54 Å². The number of rotatable bonds is 1. The molecule has 0 aliphatic rings. The van der Waals surface area contributed by atoms with E-state index in [-0.39, 0.29) is 0 Å². The van der Waals surface area contributed by atoms with Crippen molar-refractivity contribution in [2.24, 2.45) is 5.73 Å². The van der Waals surface area contributed by atoms with E-state index in [9.17, 15) is 0 Å². The highest BCUT2D eigenvalue weighted by Gasteiger charge is 2.03. The van der Waals surface area contributed by atoms with Gasteiger partial charge < -0.3 is 11.5 Å². The first kappa shape index (κ1) is 8.01. The number of aromatic nitrogens is 1. The lowest BCUT2D eigenvalue weighted by Gasteiger charge is -2.07. The van der Waals surface area contributed by atoms with Crippen molar-refractivity contribution >= 4 is 5.69 Å². The Bertz CT molecular complexity index is 268. The van der Waals surface area contributed by atoms with Crippen LogP contribution in [0.5, 0.6) is 0 Å². The molecule has 1 rings (SSSR count). The zero-order valence-electron chi connectivity index (χ0n) is 6.89. The summed E-state index contributed by atoms with van der Waals surface area (Å²) >= 11 is 0. The molecule has 4 N–H and O–H groups in total. The summed E-state index contributed by atoms with van der Waals surface area (Å²) in [5.74, 6) is 0. The van der Waals surface area contributed by atoms with Crippen LogP contribution in [0.25, 0.3) is 0 Å². The van der Waals surface area contributed by atoms with Crippen molar-refractivity contribution in [2.75, 3.05) is 5.73 Å². The van der Waals surface area contributed by atoms with Gasteiger partial charge in [-0.1, -0.05) is 0 Å². The van der Waals surface area contributed by atoms with Crippen LogP contribution in [-0.2, 0) is 6.54 Å². The van der Waals surface area contributed by atoms with Crippen LogP contribution in [-0.4, -0.2) is 4.98 Å². The van der Waals surface area contributed by atoms with Crippen molar-refractivity contribution < 1.29 is 0 Å². The second-order valence-electron chi connectivity index (χ2n) is 2.62. The lowest BCUT2D eigenvalue weighted by Crippen LogP contribution is -2.06. The van der Waals surface area contributed by atoms with Crippen LogP contribution >= 0.6 is 0 Å². The van der Waals surface area contributed by atoms with Crippen LogP contribution in [0.4, 0.5) is 5.69 Å². The third-order valence-electron chi connectivity index (χ3n) is 1.85. The van der Waals surface area contributed by atoms with Gasteiger partial charge in [-0.15, -0.1) is 0 Å². The van der Waals surface area contributed by atoms with Crippen LogP contribution in [0.3, 0.4) is 0 Å². The first-order valence-corrected chi connectivity index (χ1v) is 3.57. The zero-order chi connectivity index (χ0) is 8.43. The first-order valence-electron chi connectivity index (χ1n) is 3.57. The van der Waals surface area contributed by atoms with Crippen molar-refractivity contribution in [1.82, 2.24) is 4.98 Å². The Balaban J connectivity index is 3.29. The highest BCUT2D eigenvalue weighted by Crippen LogP contribution is 2.17. The summed E-state index contributed by atoms with van der Waals surface area (Å²) in [6.45, 7) is 4.33. The quantitative estimate of drug-likeness (QED) is 0.622. The van der Waals surface area contributed by atoms with Crippen molar-refractivity contribution in [3.8, 4) is 0 Å². The molecule has 1 aromatic heterocycles. The highest BCUT2D eigenvalue weighted by molar-refractivity contribution is 5.52. The molecule has 60 valence electrons. The summed E-state index contributed by atoms with van der Waals surface area (Å²) in [5.41, 5.74) is 14.9. The minimum atomic E-state index is 0.487. The molecule has 0 atom stereocenters. The molecule has 0 spiro atoms. The fourth-order valence-electron chi connectivity index (χ4n) is 1.04. The molecule has 11 heavy (non-hydrogen) atoms. The summed E-state index contributed by atoms with van der Waals surface area (Å²) in [6, 6.07) is 0. The van der Waals surface area contributed by atoms with Crippen molar-refractivity contribution in [1.29, 1.82) is 0 Å². The van der Waals surface area contributed by atoms with Gasteiger partial charge in [-0.05, 0) is 25.0 Å². The molecule has 0 radical (unpaired) electrons. The standard InChI is InChI=1S/C8H13N3/c1-5-4-11-6(2)8(10)7(5)3-9/h4H,3,9-10H2,1-2H3.